The zero-order valence-corrected chi connectivity index (χ0v) is 20.1. The summed E-state index contributed by atoms with van der Waals surface area (Å²) in [5, 5.41) is 5.30. The number of amides is 1. The molecule has 0 fully saturated rings. The fourth-order valence-corrected chi connectivity index (χ4v) is 6.17. The molecule has 0 radical (unpaired) electrons. The van der Waals surface area contributed by atoms with E-state index in [-0.39, 0.29) is 11.8 Å². The van der Waals surface area contributed by atoms with Crippen LogP contribution in [0.25, 0.3) is 22.0 Å². The number of primary amides is 1. The van der Waals surface area contributed by atoms with Gasteiger partial charge in [0, 0.05) is 34.4 Å². The van der Waals surface area contributed by atoms with Crippen LogP contribution in [0.3, 0.4) is 0 Å². The Hall–Kier alpha value is -3.96. The topological polar surface area (TPSA) is 65.2 Å². The van der Waals surface area contributed by atoms with Crippen LogP contribution in [0.1, 0.15) is 29.0 Å². The molecule has 35 heavy (non-hydrogen) atoms. The van der Waals surface area contributed by atoms with Gasteiger partial charge in [0.25, 0.3) is 0 Å². The van der Waals surface area contributed by atoms with Crippen molar-refractivity contribution in [3.05, 3.63) is 113 Å². The third-order valence-electron chi connectivity index (χ3n) is 7.02. The van der Waals surface area contributed by atoms with Crippen LogP contribution in [0.4, 0.5) is 0 Å². The van der Waals surface area contributed by atoms with Gasteiger partial charge < -0.3 is 10.5 Å². The van der Waals surface area contributed by atoms with E-state index in [0.717, 1.165) is 44.3 Å². The zero-order valence-electron chi connectivity index (χ0n) is 19.3. The lowest BCUT2D eigenvalue weighted by Crippen LogP contribution is -2.42. The molecule has 2 N–H and O–H groups in total. The summed E-state index contributed by atoms with van der Waals surface area (Å²) < 4.78 is 6.17. The number of carbonyl (C=O) groups excluding carboxylic acids is 1. The fraction of sp³-hybridized carbons (Fsp3) is 0.133. The maximum atomic E-state index is 13.2. The molecule has 0 spiro atoms. The summed E-state index contributed by atoms with van der Waals surface area (Å²) in [6.45, 7) is 1.96. The quantitative estimate of drug-likeness (QED) is 0.299. The smallest absolute Gasteiger partial charge is 0.224 e. The molecule has 2 heterocycles. The Kier molecular flexibility index (Phi) is 5.15. The number of thiazole rings is 1. The Morgan fingerprint density at radius 3 is 2.26 bits per heavy atom. The summed E-state index contributed by atoms with van der Waals surface area (Å²) in [6, 6.07) is 30.4. The van der Waals surface area contributed by atoms with Crippen LogP contribution < -0.4 is 10.5 Å². The summed E-state index contributed by atoms with van der Waals surface area (Å²) >= 11 is 1.57. The Morgan fingerprint density at radius 2 is 1.54 bits per heavy atom. The van der Waals surface area contributed by atoms with Crippen molar-refractivity contribution in [2.45, 2.75) is 19.3 Å². The molecule has 0 aliphatic carbocycles. The SMILES string of the molecule is CC(Cc1nc(-c2cccc3ccccc23)cs1)(C(N)=O)C1c2ccccc2Oc2ccccc21. The minimum atomic E-state index is -0.899. The van der Waals surface area contributed by atoms with Gasteiger partial charge in [-0.05, 0) is 29.8 Å². The summed E-state index contributed by atoms with van der Waals surface area (Å²) in [6.07, 6.45) is 0.436. The first-order chi connectivity index (χ1) is 17.0. The van der Waals surface area contributed by atoms with Gasteiger partial charge in [-0.1, -0.05) is 78.9 Å². The van der Waals surface area contributed by atoms with Crippen LogP contribution in [0.5, 0.6) is 11.5 Å². The summed E-state index contributed by atoms with van der Waals surface area (Å²) in [5.74, 6) is 0.931. The van der Waals surface area contributed by atoms with Crippen LogP contribution >= 0.6 is 11.3 Å². The van der Waals surface area contributed by atoms with Crippen LogP contribution in [-0.4, -0.2) is 10.9 Å². The number of hydrogen-bond donors (Lipinski definition) is 1. The van der Waals surface area contributed by atoms with Gasteiger partial charge in [-0.15, -0.1) is 11.3 Å². The third kappa shape index (κ3) is 3.60. The van der Waals surface area contributed by atoms with E-state index in [1.54, 1.807) is 11.3 Å². The second kappa shape index (κ2) is 8.36. The molecule has 1 aromatic heterocycles. The Balaban J connectivity index is 1.43. The van der Waals surface area contributed by atoms with Crippen molar-refractivity contribution in [1.29, 1.82) is 0 Å². The minimum Gasteiger partial charge on any atom is -0.457 e. The minimum absolute atomic E-state index is 0.244. The highest BCUT2D eigenvalue weighted by Gasteiger charge is 2.46. The molecule has 4 aromatic carbocycles. The Bertz CT molecular complexity index is 1520. The molecule has 1 aliphatic heterocycles. The lowest BCUT2D eigenvalue weighted by molar-refractivity contribution is -0.127. The largest absolute Gasteiger partial charge is 0.457 e. The summed E-state index contributed by atoms with van der Waals surface area (Å²) in [7, 11) is 0. The van der Waals surface area contributed by atoms with Crippen LogP contribution in [0, 0.1) is 5.41 Å². The molecule has 4 nitrogen and oxygen atoms in total. The first-order valence-corrected chi connectivity index (χ1v) is 12.5. The first-order valence-electron chi connectivity index (χ1n) is 11.6. The van der Waals surface area contributed by atoms with Crippen molar-refractivity contribution in [3.63, 3.8) is 0 Å². The van der Waals surface area contributed by atoms with Crippen molar-refractivity contribution in [1.82, 2.24) is 4.98 Å². The van der Waals surface area contributed by atoms with E-state index < -0.39 is 5.41 Å². The second-order valence-corrected chi connectivity index (χ2v) is 10.2. The molecule has 0 saturated carbocycles. The molecule has 5 aromatic rings. The van der Waals surface area contributed by atoms with Gasteiger partial charge >= 0.3 is 0 Å². The molecule has 172 valence electrons. The Morgan fingerprint density at radius 1 is 0.914 bits per heavy atom. The number of ether oxygens (including phenoxy) is 1. The van der Waals surface area contributed by atoms with Gasteiger partial charge in [-0.2, -0.15) is 0 Å². The average Bonchev–Trinajstić information content (AvgIpc) is 3.34. The normalized spacial score (nSPS) is 14.5. The number of para-hydroxylation sites is 2. The standard InChI is InChI=1S/C30H24N2O2S/c1-30(29(31)33,28-22-12-4-6-15-25(22)34-26-16-7-5-13-23(26)28)17-27-32-24(18-35-27)21-14-8-10-19-9-2-3-11-20(19)21/h2-16,18,28H,17H2,1H3,(H2,31,33). The third-order valence-corrected chi connectivity index (χ3v) is 7.86. The summed E-state index contributed by atoms with van der Waals surface area (Å²) in [4.78, 5) is 18.1. The predicted octanol–water partition coefficient (Wildman–Crippen LogP) is 6.94. The lowest BCUT2D eigenvalue weighted by atomic mass is 9.66. The highest BCUT2D eigenvalue weighted by molar-refractivity contribution is 7.10. The number of rotatable bonds is 5. The molecule has 1 atom stereocenters. The monoisotopic (exact) mass is 476 g/mol. The van der Waals surface area contributed by atoms with Crippen LogP contribution in [-0.2, 0) is 11.2 Å². The van der Waals surface area contributed by atoms with Gasteiger partial charge in [-0.3, -0.25) is 4.79 Å². The van der Waals surface area contributed by atoms with Crippen molar-refractivity contribution >= 4 is 28.0 Å². The number of benzene rings is 4. The molecular formula is C30H24N2O2S. The highest BCUT2D eigenvalue weighted by atomic mass is 32.1. The van der Waals surface area contributed by atoms with E-state index in [1.165, 1.54) is 5.39 Å². The summed E-state index contributed by atoms with van der Waals surface area (Å²) in [5.41, 5.74) is 9.20. The lowest BCUT2D eigenvalue weighted by Gasteiger charge is -2.39. The molecule has 0 bridgehead atoms. The molecule has 1 aliphatic rings. The van der Waals surface area contributed by atoms with Crippen molar-refractivity contribution in [2.75, 3.05) is 0 Å². The Labute approximate surface area is 208 Å². The number of nitrogens with two attached hydrogens (primary N) is 1. The van der Waals surface area contributed by atoms with E-state index in [1.807, 2.05) is 67.6 Å². The van der Waals surface area contributed by atoms with Gasteiger partial charge in [0.1, 0.15) is 11.5 Å². The van der Waals surface area contributed by atoms with E-state index in [0.29, 0.717) is 6.42 Å². The van der Waals surface area contributed by atoms with Crippen LogP contribution in [0.2, 0.25) is 0 Å². The predicted molar refractivity (Wildman–Crippen MR) is 141 cm³/mol. The van der Waals surface area contributed by atoms with E-state index in [4.69, 9.17) is 15.5 Å². The maximum Gasteiger partial charge on any atom is 0.224 e. The number of carbonyl (C=O) groups is 1. The van der Waals surface area contributed by atoms with Crippen LogP contribution in [0.15, 0.2) is 96.4 Å². The molecule has 5 heteroatoms. The number of hydrogen-bond acceptors (Lipinski definition) is 4. The van der Waals surface area contributed by atoms with Gasteiger partial charge in [0.15, 0.2) is 0 Å². The van der Waals surface area contributed by atoms with E-state index in [9.17, 15) is 4.79 Å². The zero-order chi connectivity index (χ0) is 24.0. The first kappa shape index (κ1) is 21.6. The number of fused-ring (bicyclic) bond motifs is 3. The molecule has 0 saturated heterocycles. The highest BCUT2D eigenvalue weighted by Crippen LogP contribution is 2.53. The molecule has 1 unspecified atom stereocenters. The molecule has 6 rings (SSSR count). The van der Waals surface area contributed by atoms with Gasteiger partial charge in [0.2, 0.25) is 5.91 Å². The molecular weight excluding hydrogens is 452 g/mol. The van der Waals surface area contributed by atoms with Crippen molar-refractivity contribution < 1.29 is 9.53 Å². The fourth-order valence-electron chi connectivity index (χ4n) is 5.21. The maximum absolute atomic E-state index is 13.2. The molecule has 1 amide bonds. The average molecular weight is 477 g/mol. The van der Waals surface area contributed by atoms with Crippen molar-refractivity contribution in [2.24, 2.45) is 11.1 Å². The van der Waals surface area contributed by atoms with Crippen molar-refractivity contribution in [3.8, 4) is 22.8 Å². The van der Waals surface area contributed by atoms with E-state index >= 15 is 0 Å². The van der Waals surface area contributed by atoms with Gasteiger partial charge in [-0.25, -0.2) is 4.98 Å². The van der Waals surface area contributed by atoms with Gasteiger partial charge in [0.05, 0.1) is 16.1 Å². The number of aromatic nitrogens is 1. The van der Waals surface area contributed by atoms with E-state index in [2.05, 4.69) is 35.7 Å². The second-order valence-electron chi connectivity index (χ2n) is 9.22. The number of nitrogens with zero attached hydrogens (tertiary/aromatic N) is 1.